The fourth-order valence-corrected chi connectivity index (χ4v) is 5.00. The van der Waals surface area contributed by atoms with Gasteiger partial charge < -0.3 is 21.5 Å². The summed E-state index contributed by atoms with van der Waals surface area (Å²) in [6, 6.07) is 20.8. The number of hydrogen-bond donors (Lipinski definition) is 6. The molecule has 0 aliphatic carbocycles. The molecule has 0 bridgehead atoms. The predicted molar refractivity (Wildman–Crippen MR) is 145 cm³/mol. The number of amidine groups is 1. The van der Waals surface area contributed by atoms with E-state index in [4.69, 9.17) is 11.1 Å². The SMILES string of the molecule is N=C(N)c1ccc(CNC(=O)CNC(=O)[C@@H](CCc2ccccc2)NS(=O)(=O)Cc2ccc(O)cc2)cc1. The first-order valence-corrected chi connectivity index (χ1v) is 13.6. The highest BCUT2D eigenvalue weighted by atomic mass is 32.2. The second-order valence-electron chi connectivity index (χ2n) is 8.73. The molecule has 0 aromatic heterocycles. The first-order chi connectivity index (χ1) is 18.1. The smallest absolute Gasteiger partial charge is 0.239 e. The molecule has 0 heterocycles. The van der Waals surface area contributed by atoms with Crippen LogP contribution in [0.2, 0.25) is 0 Å². The number of sulfonamides is 1. The molecule has 0 saturated heterocycles. The van der Waals surface area contributed by atoms with Crippen LogP contribution in [-0.2, 0) is 38.3 Å². The maximum absolute atomic E-state index is 12.9. The van der Waals surface area contributed by atoms with Gasteiger partial charge in [0.05, 0.1) is 12.3 Å². The lowest BCUT2D eigenvalue weighted by molar-refractivity contribution is -0.127. The van der Waals surface area contributed by atoms with E-state index in [1.54, 1.807) is 24.3 Å². The highest BCUT2D eigenvalue weighted by Crippen LogP contribution is 2.13. The van der Waals surface area contributed by atoms with Crippen LogP contribution in [0.4, 0.5) is 0 Å². The molecule has 7 N–H and O–H groups in total. The van der Waals surface area contributed by atoms with Crippen LogP contribution >= 0.6 is 0 Å². The summed E-state index contributed by atoms with van der Waals surface area (Å²) in [4.78, 5) is 25.2. The normalized spacial score (nSPS) is 11.9. The number of nitrogen functional groups attached to an aromatic ring is 1. The van der Waals surface area contributed by atoms with Gasteiger partial charge in [-0.3, -0.25) is 15.0 Å². The number of aryl methyl sites for hydroxylation is 1. The molecule has 0 radical (unpaired) electrons. The summed E-state index contributed by atoms with van der Waals surface area (Å²) in [7, 11) is -3.91. The van der Waals surface area contributed by atoms with Gasteiger partial charge in [-0.1, -0.05) is 66.7 Å². The van der Waals surface area contributed by atoms with Gasteiger partial charge in [-0.25, -0.2) is 13.1 Å². The summed E-state index contributed by atoms with van der Waals surface area (Å²) in [6.07, 6.45) is 0.637. The fourth-order valence-electron chi connectivity index (χ4n) is 3.63. The number of carbonyl (C=O) groups excluding carboxylic acids is 2. The number of nitrogens with one attached hydrogen (secondary N) is 4. The molecular formula is C27H31N5O5S. The Bertz CT molecular complexity index is 1340. The number of hydrogen-bond acceptors (Lipinski definition) is 6. The Morgan fingerprint density at radius 1 is 0.868 bits per heavy atom. The van der Waals surface area contributed by atoms with E-state index in [0.717, 1.165) is 11.1 Å². The zero-order valence-corrected chi connectivity index (χ0v) is 21.5. The van der Waals surface area contributed by atoms with E-state index in [-0.39, 0.29) is 36.8 Å². The van der Waals surface area contributed by atoms with Crippen molar-refractivity contribution in [3.05, 3.63) is 101 Å². The van der Waals surface area contributed by atoms with Gasteiger partial charge in [-0.15, -0.1) is 0 Å². The third-order valence-electron chi connectivity index (χ3n) is 5.67. The van der Waals surface area contributed by atoms with Crippen molar-refractivity contribution in [3.63, 3.8) is 0 Å². The van der Waals surface area contributed by atoms with Crippen molar-refractivity contribution >= 4 is 27.7 Å². The van der Waals surface area contributed by atoms with Crippen LogP contribution in [0.1, 0.15) is 28.7 Å². The molecular weight excluding hydrogens is 506 g/mol. The van der Waals surface area contributed by atoms with E-state index < -0.39 is 27.9 Å². The summed E-state index contributed by atoms with van der Waals surface area (Å²) in [5, 5.41) is 22.0. The summed E-state index contributed by atoms with van der Waals surface area (Å²) in [5.74, 6) is -1.46. The molecule has 200 valence electrons. The van der Waals surface area contributed by atoms with Gasteiger partial charge in [0.1, 0.15) is 17.6 Å². The molecule has 10 nitrogen and oxygen atoms in total. The quantitative estimate of drug-likeness (QED) is 0.142. The van der Waals surface area contributed by atoms with Gasteiger partial charge in [0, 0.05) is 12.1 Å². The Labute approximate surface area is 221 Å². The number of amides is 2. The summed E-state index contributed by atoms with van der Waals surface area (Å²) in [5.41, 5.74) is 8.19. The van der Waals surface area contributed by atoms with Crippen LogP contribution in [0.3, 0.4) is 0 Å². The Hall–Kier alpha value is -4.22. The van der Waals surface area contributed by atoms with Gasteiger partial charge in [-0.05, 0) is 41.7 Å². The molecule has 3 aromatic rings. The van der Waals surface area contributed by atoms with E-state index >= 15 is 0 Å². The molecule has 3 rings (SSSR count). The second-order valence-corrected chi connectivity index (χ2v) is 10.5. The topological polar surface area (TPSA) is 174 Å². The number of aromatic hydroxyl groups is 1. The van der Waals surface area contributed by atoms with Crippen molar-refractivity contribution < 1.29 is 23.1 Å². The standard InChI is InChI=1S/C27H31N5O5S/c28-26(29)22-11-6-20(7-12-22)16-30-25(34)17-31-27(35)24(15-10-19-4-2-1-3-5-19)32-38(36,37)18-21-8-13-23(33)14-9-21/h1-9,11-14,24,32-33H,10,15-18H2,(H3,28,29)(H,30,34)(H,31,35)/t24-/m1/s1. The highest BCUT2D eigenvalue weighted by Gasteiger charge is 2.25. The highest BCUT2D eigenvalue weighted by molar-refractivity contribution is 7.88. The number of carbonyl (C=O) groups is 2. The molecule has 0 spiro atoms. The first-order valence-electron chi connectivity index (χ1n) is 11.9. The number of benzene rings is 3. The minimum absolute atomic E-state index is 0.0191. The zero-order valence-electron chi connectivity index (χ0n) is 20.7. The fraction of sp³-hybridized carbons (Fsp3) is 0.222. The van der Waals surface area contributed by atoms with Crippen LogP contribution < -0.4 is 21.1 Å². The van der Waals surface area contributed by atoms with Crippen molar-refractivity contribution in [1.82, 2.24) is 15.4 Å². The largest absolute Gasteiger partial charge is 0.508 e. The summed E-state index contributed by atoms with van der Waals surface area (Å²) >= 11 is 0. The molecule has 0 saturated carbocycles. The number of nitrogens with two attached hydrogens (primary N) is 1. The zero-order chi connectivity index (χ0) is 27.5. The van der Waals surface area contributed by atoms with Gasteiger partial charge in [0.25, 0.3) is 0 Å². The maximum Gasteiger partial charge on any atom is 0.239 e. The molecule has 0 fully saturated rings. The molecule has 1 atom stereocenters. The molecule has 2 amide bonds. The second kappa shape index (κ2) is 13.4. The molecule has 0 aliphatic heterocycles. The molecule has 38 heavy (non-hydrogen) atoms. The third-order valence-corrected chi connectivity index (χ3v) is 7.03. The van der Waals surface area contributed by atoms with Crippen LogP contribution in [0.15, 0.2) is 78.9 Å². The lowest BCUT2D eigenvalue weighted by Crippen LogP contribution is -2.49. The van der Waals surface area contributed by atoms with Gasteiger partial charge in [0.15, 0.2) is 0 Å². The van der Waals surface area contributed by atoms with Crippen molar-refractivity contribution in [1.29, 1.82) is 5.41 Å². The first kappa shape index (κ1) is 28.4. The number of phenols is 1. The molecule has 11 heteroatoms. The van der Waals surface area contributed by atoms with Crippen molar-refractivity contribution in [2.45, 2.75) is 31.2 Å². The lowest BCUT2D eigenvalue weighted by Gasteiger charge is -2.19. The van der Waals surface area contributed by atoms with E-state index in [2.05, 4.69) is 15.4 Å². The van der Waals surface area contributed by atoms with E-state index in [1.807, 2.05) is 30.3 Å². The van der Waals surface area contributed by atoms with Crippen molar-refractivity contribution in [3.8, 4) is 5.75 Å². The Morgan fingerprint density at radius 2 is 1.50 bits per heavy atom. The summed E-state index contributed by atoms with van der Waals surface area (Å²) < 4.78 is 28.1. The van der Waals surface area contributed by atoms with Gasteiger partial charge in [0.2, 0.25) is 21.8 Å². The number of rotatable bonds is 13. The Balaban J connectivity index is 1.58. The minimum Gasteiger partial charge on any atom is -0.508 e. The van der Waals surface area contributed by atoms with Crippen LogP contribution in [0.25, 0.3) is 0 Å². The maximum atomic E-state index is 12.9. The van der Waals surface area contributed by atoms with E-state index in [9.17, 15) is 23.1 Å². The third kappa shape index (κ3) is 9.34. The van der Waals surface area contributed by atoms with Crippen LogP contribution in [0, 0.1) is 5.41 Å². The predicted octanol–water partition coefficient (Wildman–Crippen LogP) is 1.53. The molecule has 0 aliphatic rings. The average molecular weight is 538 g/mol. The Morgan fingerprint density at radius 3 is 2.13 bits per heavy atom. The Kier molecular flexibility index (Phi) is 9.97. The van der Waals surface area contributed by atoms with Crippen molar-refractivity contribution in [2.75, 3.05) is 6.54 Å². The monoisotopic (exact) mass is 537 g/mol. The van der Waals surface area contributed by atoms with E-state index in [1.165, 1.54) is 24.3 Å². The average Bonchev–Trinajstić information content (AvgIpc) is 2.90. The van der Waals surface area contributed by atoms with E-state index in [0.29, 0.717) is 17.5 Å². The molecule has 3 aromatic carbocycles. The van der Waals surface area contributed by atoms with Gasteiger partial charge >= 0.3 is 0 Å². The molecule has 0 unspecified atom stereocenters. The van der Waals surface area contributed by atoms with Crippen LogP contribution in [-0.4, -0.2) is 43.8 Å². The summed E-state index contributed by atoms with van der Waals surface area (Å²) in [6.45, 7) is -0.116. The lowest BCUT2D eigenvalue weighted by atomic mass is 10.1. The van der Waals surface area contributed by atoms with Crippen LogP contribution in [0.5, 0.6) is 5.75 Å². The number of phenolic OH excluding ortho intramolecular Hbond substituents is 1. The van der Waals surface area contributed by atoms with Gasteiger partial charge in [-0.2, -0.15) is 0 Å². The van der Waals surface area contributed by atoms with Crippen molar-refractivity contribution in [2.24, 2.45) is 5.73 Å². The minimum atomic E-state index is -3.91.